The number of hydrogen-bond donors (Lipinski definition) is 1. The normalized spacial score (nSPS) is 23.3. The predicted octanol–water partition coefficient (Wildman–Crippen LogP) is 1.19. The van der Waals surface area contributed by atoms with Gasteiger partial charge in [-0.25, -0.2) is 0 Å². The zero-order valence-corrected chi connectivity index (χ0v) is 14.9. The van der Waals surface area contributed by atoms with Crippen LogP contribution in [0.15, 0.2) is 24.3 Å². The van der Waals surface area contributed by atoms with E-state index >= 15 is 0 Å². The van der Waals surface area contributed by atoms with Gasteiger partial charge in [0.1, 0.15) is 6.04 Å². The standard InChI is InChI=1S/C19H24N2O5/c1-13-2-4-14(5-3-13)11-21-16(6-7-17(21)22)19(25)20-8-9-26-15(12-20)10-18(23)24/h2-5,15-16H,6-12H2,1H3,(H,23,24)/t15-,16+/m0/s1. The molecule has 0 saturated carbocycles. The second-order valence-corrected chi connectivity index (χ2v) is 6.94. The topological polar surface area (TPSA) is 87.2 Å². The third-order valence-corrected chi connectivity index (χ3v) is 4.94. The summed E-state index contributed by atoms with van der Waals surface area (Å²) in [5.41, 5.74) is 2.14. The maximum atomic E-state index is 13.0. The van der Waals surface area contributed by atoms with Crippen molar-refractivity contribution < 1.29 is 24.2 Å². The first-order chi connectivity index (χ1) is 12.4. The smallest absolute Gasteiger partial charge is 0.306 e. The lowest BCUT2D eigenvalue weighted by Crippen LogP contribution is -2.52. The summed E-state index contributed by atoms with van der Waals surface area (Å²) in [5.74, 6) is -1.07. The molecule has 0 unspecified atom stereocenters. The van der Waals surface area contributed by atoms with Crippen LogP contribution in [0.25, 0.3) is 0 Å². The summed E-state index contributed by atoms with van der Waals surface area (Å²) in [7, 11) is 0. The molecule has 26 heavy (non-hydrogen) atoms. The summed E-state index contributed by atoms with van der Waals surface area (Å²) in [6.07, 6.45) is 0.253. The van der Waals surface area contributed by atoms with Crippen LogP contribution < -0.4 is 0 Å². The summed E-state index contributed by atoms with van der Waals surface area (Å²) in [5, 5.41) is 8.93. The first-order valence-electron chi connectivity index (χ1n) is 8.91. The van der Waals surface area contributed by atoms with Crippen LogP contribution in [0.2, 0.25) is 0 Å². The summed E-state index contributed by atoms with van der Waals surface area (Å²) in [4.78, 5) is 39.4. The molecule has 2 fully saturated rings. The summed E-state index contributed by atoms with van der Waals surface area (Å²) >= 11 is 0. The van der Waals surface area contributed by atoms with Crippen molar-refractivity contribution in [2.24, 2.45) is 0 Å². The summed E-state index contributed by atoms with van der Waals surface area (Å²) in [6, 6.07) is 7.45. The van der Waals surface area contributed by atoms with Gasteiger partial charge in [-0.1, -0.05) is 29.8 Å². The van der Waals surface area contributed by atoms with Crippen molar-refractivity contribution in [1.82, 2.24) is 9.80 Å². The molecule has 2 aliphatic heterocycles. The van der Waals surface area contributed by atoms with Gasteiger partial charge in [-0.05, 0) is 18.9 Å². The highest BCUT2D eigenvalue weighted by atomic mass is 16.5. The Bertz CT molecular complexity index is 688. The van der Waals surface area contributed by atoms with Crippen molar-refractivity contribution in [2.45, 2.75) is 44.9 Å². The van der Waals surface area contributed by atoms with E-state index in [4.69, 9.17) is 9.84 Å². The molecular formula is C19H24N2O5. The number of carbonyl (C=O) groups is 3. The number of morpholine rings is 1. The quantitative estimate of drug-likeness (QED) is 0.852. The van der Waals surface area contributed by atoms with Crippen molar-refractivity contribution in [2.75, 3.05) is 19.7 Å². The molecule has 7 heteroatoms. The first kappa shape index (κ1) is 18.4. The maximum Gasteiger partial charge on any atom is 0.306 e. The highest BCUT2D eigenvalue weighted by Gasteiger charge is 2.39. The number of ether oxygens (including phenoxy) is 1. The van der Waals surface area contributed by atoms with Gasteiger partial charge < -0.3 is 19.6 Å². The van der Waals surface area contributed by atoms with E-state index in [0.717, 1.165) is 11.1 Å². The molecule has 2 saturated heterocycles. The Kier molecular flexibility index (Phi) is 5.56. The molecule has 3 rings (SSSR count). The van der Waals surface area contributed by atoms with Crippen molar-refractivity contribution in [3.8, 4) is 0 Å². The van der Waals surface area contributed by atoms with E-state index in [1.165, 1.54) is 0 Å². The van der Waals surface area contributed by atoms with Crippen molar-refractivity contribution in [3.63, 3.8) is 0 Å². The molecule has 0 aromatic heterocycles. The van der Waals surface area contributed by atoms with Crippen LogP contribution in [0.5, 0.6) is 0 Å². The van der Waals surface area contributed by atoms with Gasteiger partial charge >= 0.3 is 5.97 Å². The molecule has 2 aliphatic rings. The molecule has 1 aromatic rings. The summed E-state index contributed by atoms with van der Waals surface area (Å²) < 4.78 is 5.43. The maximum absolute atomic E-state index is 13.0. The van der Waals surface area contributed by atoms with Crippen molar-refractivity contribution in [1.29, 1.82) is 0 Å². The lowest BCUT2D eigenvalue weighted by atomic mass is 10.1. The number of hydrogen-bond acceptors (Lipinski definition) is 4. The fraction of sp³-hybridized carbons (Fsp3) is 0.526. The molecule has 7 nitrogen and oxygen atoms in total. The number of aliphatic carboxylic acids is 1. The molecular weight excluding hydrogens is 336 g/mol. The fourth-order valence-corrected chi connectivity index (χ4v) is 3.53. The SMILES string of the molecule is Cc1ccc(CN2C(=O)CC[C@@H]2C(=O)N2CCO[C@@H](CC(=O)O)C2)cc1. The third-order valence-electron chi connectivity index (χ3n) is 4.94. The van der Waals surface area contributed by atoms with Crippen LogP contribution in [0.4, 0.5) is 0 Å². The van der Waals surface area contributed by atoms with Crippen LogP contribution in [0.3, 0.4) is 0 Å². The minimum absolute atomic E-state index is 0.0146. The van der Waals surface area contributed by atoms with Gasteiger partial charge in [-0.2, -0.15) is 0 Å². The highest BCUT2D eigenvalue weighted by molar-refractivity contribution is 5.91. The van der Waals surface area contributed by atoms with Gasteiger partial charge in [0.2, 0.25) is 11.8 Å². The number of nitrogens with zero attached hydrogens (tertiary/aromatic N) is 2. The Balaban J connectivity index is 1.67. The number of amides is 2. The van der Waals surface area contributed by atoms with Gasteiger partial charge in [0, 0.05) is 26.1 Å². The number of aryl methyl sites for hydroxylation is 1. The number of carboxylic acid groups (broad SMARTS) is 1. The Morgan fingerprint density at radius 2 is 2.00 bits per heavy atom. The van der Waals surface area contributed by atoms with Gasteiger partial charge in [0.05, 0.1) is 19.1 Å². The highest BCUT2D eigenvalue weighted by Crippen LogP contribution is 2.24. The minimum Gasteiger partial charge on any atom is -0.481 e. The molecule has 0 radical (unpaired) electrons. The number of likely N-dealkylation sites (tertiary alicyclic amines) is 1. The average molecular weight is 360 g/mol. The van der Waals surface area contributed by atoms with Gasteiger partial charge in [-0.3, -0.25) is 14.4 Å². The molecule has 2 heterocycles. The van der Waals surface area contributed by atoms with E-state index in [0.29, 0.717) is 32.5 Å². The molecule has 0 aliphatic carbocycles. The summed E-state index contributed by atoms with van der Waals surface area (Å²) in [6.45, 7) is 3.43. The average Bonchev–Trinajstić information content (AvgIpc) is 2.96. The third kappa shape index (κ3) is 4.22. The van der Waals surface area contributed by atoms with E-state index in [2.05, 4.69) is 0 Å². The second kappa shape index (κ2) is 7.86. The Labute approximate surface area is 152 Å². The lowest BCUT2D eigenvalue weighted by molar-refractivity contribution is -0.151. The fourth-order valence-electron chi connectivity index (χ4n) is 3.53. The largest absolute Gasteiger partial charge is 0.481 e. The molecule has 1 aromatic carbocycles. The number of carbonyl (C=O) groups excluding carboxylic acids is 2. The number of rotatable bonds is 5. The molecule has 0 spiro atoms. The van der Waals surface area contributed by atoms with E-state index in [9.17, 15) is 14.4 Å². The van der Waals surface area contributed by atoms with Crippen LogP contribution >= 0.6 is 0 Å². The van der Waals surface area contributed by atoms with Crippen LogP contribution in [0, 0.1) is 6.92 Å². The molecule has 0 bridgehead atoms. The van der Waals surface area contributed by atoms with E-state index in [1.54, 1.807) is 9.80 Å². The van der Waals surface area contributed by atoms with Gasteiger partial charge in [0.15, 0.2) is 0 Å². The Morgan fingerprint density at radius 3 is 2.69 bits per heavy atom. The van der Waals surface area contributed by atoms with E-state index < -0.39 is 18.1 Å². The molecule has 2 atom stereocenters. The second-order valence-electron chi connectivity index (χ2n) is 6.94. The van der Waals surface area contributed by atoms with Crippen molar-refractivity contribution in [3.05, 3.63) is 35.4 Å². The van der Waals surface area contributed by atoms with Gasteiger partial charge in [0.25, 0.3) is 0 Å². The minimum atomic E-state index is -0.943. The first-order valence-corrected chi connectivity index (χ1v) is 8.91. The van der Waals surface area contributed by atoms with Crippen LogP contribution in [0.1, 0.15) is 30.4 Å². The zero-order chi connectivity index (χ0) is 18.7. The predicted molar refractivity (Wildman–Crippen MR) is 93.3 cm³/mol. The monoisotopic (exact) mass is 360 g/mol. The Hall–Kier alpha value is -2.41. The molecule has 140 valence electrons. The van der Waals surface area contributed by atoms with Gasteiger partial charge in [-0.15, -0.1) is 0 Å². The van der Waals surface area contributed by atoms with Crippen LogP contribution in [-0.2, 0) is 25.7 Å². The van der Waals surface area contributed by atoms with Crippen LogP contribution in [-0.4, -0.2) is 64.5 Å². The number of carboxylic acids is 1. The van der Waals surface area contributed by atoms with Crippen molar-refractivity contribution >= 4 is 17.8 Å². The molecule has 2 amide bonds. The van der Waals surface area contributed by atoms with E-state index in [-0.39, 0.29) is 24.8 Å². The zero-order valence-electron chi connectivity index (χ0n) is 14.9. The molecule has 1 N–H and O–H groups in total. The lowest BCUT2D eigenvalue weighted by Gasteiger charge is -2.35. The Morgan fingerprint density at radius 1 is 1.27 bits per heavy atom. The van der Waals surface area contributed by atoms with E-state index in [1.807, 2.05) is 31.2 Å². The number of benzene rings is 1.